The Balaban J connectivity index is 0. The van der Waals surface area contributed by atoms with E-state index in [4.69, 9.17) is 4.74 Å². The molecule has 9 heteroatoms. The first-order valence-electron chi connectivity index (χ1n) is 6.04. The van der Waals surface area contributed by atoms with Crippen molar-refractivity contribution >= 4 is 24.2 Å². The molecular weight excluding hydrogens is 523 g/mol. The first-order chi connectivity index (χ1) is 9.15. The molecule has 21 heavy (non-hydrogen) atoms. The molecule has 0 rings (SSSR count). The fraction of sp³-hybridized carbons (Fsp3) is 0.667. The smallest absolute Gasteiger partial charge is 0.325 e. The Kier molecular flexibility index (Phi) is 8.55. The molecule has 0 aromatic heterocycles. The van der Waals surface area contributed by atoms with Crippen molar-refractivity contribution in [3.63, 3.8) is 0 Å². The van der Waals surface area contributed by atoms with Crippen molar-refractivity contribution in [2.75, 3.05) is 13.1 Å². The average Bonchev–Trinajstić information content (AvgIpc) is 2.31. The zero-order chi connectivity index (χ0) is 15.8. The van der Waals surface area contributed by atoms with Crippen LogP contribution in [-0.4, -0.2) is 48.9 Å². The minimum atomic E-state index is -0.835. The fourth-order valence-electron chi connectivity index (χ4n) is 1.16. The maximum Gasteiger partial charge on any atom is 0.325 e. The summed E-state index contributed by atoms with van der Waals surface area (Å²) in [5.41, 5.74) is -0.626. The molecular formula is C12H20FmN3O5-. The number of rotatable bonds is 7. The van der Waals surface area contributed by atoms with Crippen molar-refractivity contribution < 1.29 is 23.9 Å². The fourth-order valence-corrected chi connectivity index (χ4v) is 1.16. The zero-order valence-corrected chi connectivity index (χ0v) is 14.7. The van der Waals surface area contributed by atoms with Crippen LogP contribution in [0.4, 0.5) is 0 Å². The van der Waals surface area contributed by atoms with Gasteiger partial charge in [-0.1, -0.05) is 0 Å². The Hall–Kier alpha value is -3.12. The molecule has 0 aliphatic heterocycles. The van der Waals surface area contributed by atoms with Gasteiger partial charge in [-0.25, -0.2) is 0 Å². The summed E-state index contributed by atoms with van der Waals surface area (Å²) in [7, 11) is 0. The number of carbonyl (C=O) groups excluding carboxylic acids is 4. The SMILES string of the molecule is CC(NC(=O)CN[C-]=O)C(=O)NCC(=O)OC(C)(C)C.[Fm]. The van der Waals surface area contributed by atoms with Gasteiger partial charge in [0.15, 0.2) is 0 Å². The summed E-state index contributed by atoms with van der Waals surface area (Å²) < 4.78 is 5.01. The standard InChI is InChI=1S/C12H20N3O5.Fm/c1-8(15-9(17)5-13-7-16)11(19)14-6-10(18)20-12(2,3)4;/h8H,5-6H2,1-4H3,(H,13,16)(H,14,19)(H,15,17);/q-1;. The normalized spacial score (nSPS) is 11.4. The van der Waals surface area contributed by atoms with Gasteiger partial charge in [0.05, 0.1) is 6.54 Å². The quantitative estimate of drug-likeness (QED) is 0.208. The molecule has 0 aliphatic carbocycles. The summed E-state index contributed by atoms with van der Waals surface area (Å²) >= 11 is 0. The maximum atomic E-state index is 11.6. The second-order valence-electron chi connectivity index (χ2n) is 5.05. The molecule has 3 N–H and O–H groups in total. The van der Waals surface area contributed by atoms with Crippen LogP contribution in [0.2, 0.25) is 0 Å². The van der Waals surface area contributed by atoms with Crippen LogP contribution in [0.15, 0.2) is 0 Å². The van der Waals surface area contributed by atoms with E-state index in [0.29, 0.717) is 0 Å². The molecule has 0 aliphatic rings. The van der Waals surface area contributed by atoms with E-state index in [0.717, 1.165) is 0 Å². The van der Waals surface area contributed by atoms with Crippen molar-refractivity contribution in [1.82, 2.24) is 16.0 Å². The van der Waals surface area contributed by atoms with Gasteiger partial charge >= 0.3 is 5.97 Å². The second-order valence-corrected chi connectivity index (χ2v) is 5.05. The number of carbonyl (C=O) groups is 3. The molecule has 0 saturated heterocycles. The third-order valence-corrected chi connectivity index (χ3v) is 1.92. The third-order valence-electron chi connectivity index (χ3n) is 1.92. The van der Waals surface area contributed by atoms with Crippen molar-refractivity contribution in [3.8, 4) is 0 Å². The van der Waals surface area contributed by atoms with Crippen molar-refractivity contribution in [2.24, 2.45) is 0 Å². The molecule has 0 heterocycles. The Bertz CT molecular complexity index is 382. The van der Waals surface area contributed by atoms with E-state index in [1.165, 1.54) is 13.3 Å². The average molecular weight is 543 g/mol. The van der Waals surface area contributed by atoms with E-state index in [-0.39, 0.29) is 13.1 Å². The van der Waals surface area contributed by atoms with Crippen molar-refractivity contribution in [2.45, 2.75) is 39.3 Å². The molecule has 3 amide bonds. The van der Waals surface area contributed by atoms with Crippen LogP contribution in [0.25, 0.3) is 0 Å². The van der Waals surface area contributed by atoms with Gasteiger partial charge in [0.2, 0.25) is 11.8 Å². The number of hydrogen-bond acceptors (Lipinski definition) is 5. The maximum absolute atomic E-state index is 11.6. The van der Waals surface area contributed by atoms with Gasteiger partial charge in [-0.2, -0.15) is 6.41 Å². The van der Waals surface area contributed by atoms with Crippen molar-refractivity contribution in [1.29, 1.82) is 0 Å². The van der Waals surface area contributed by atoms with Gasteiger partial charge in [0.1, 0.15) is 18.2 Å². The molecule has 1 unspecified atom stereocenters. The summed E-state index contributed by atoms with van der Waals surface area (Å²) in [5, 5.41) is 6.73. The summed E-state index contributed by atoms with van der Waals surface area (Å²) in [6, 6.07) is -0.835. The zero-order valence-electron chi connectivity index (χ0n) is 12.3. The van der Waals surface area contributed by atoms with E-state index in [9.17, 15) is 19.2 Å². The van der Waals surface area contributed by atoms with Crippen LogP contribution in [-0.2, 0) is 23.9 Å². The summed E-state index contributed by atoms with van der Waals surface area (Å²) in [5.74, 6) is -1.63. The third kappa shape index (κ3) is 10.5. The Morgan fingerprint density at radius 2 is 1.76 bits per heavy atom. The van der Waals surface area contributed by atoms with Gasteiger partial charge in [-0.05, 0) is 27.7 Å². The number of nitrogens with one attached hydrogen (secondary N) is 3. The minimum absolute atomic E-state index is 0. The number of hydrogen-bond donors (Lipinski definition) is 3. The molecule has 0 aromatic rings. The van der Waals surface area contributed by atoms with Gasteiger partial charge in [0, 0.05) is 0 Å². The summed E-state index contributed by atoms with van der Waals surface area (Å²) in [6.07, 6.45) is 1.34. The number of ether oxygens (including phenoxy) is 1. The first kappa shape index (κ1) is 20.2. The Morgan fingerprint density at radius 3 is 2.24 bits per heavy atom. The second kappa shape index (κ2) is 8.89. The van der Waals surface area contributed by atoms with Crippen LogP contribution in [0, 0.1) is 0 Å². The van der Waals surface area contributed by atoms with Crippen LogP contribution in [0.5, 0.6) is 0 Å². The van der Waals surface area contributed by atoms with E-state index >= 15 is 0 Å². The van der Waals surface area contributed by atoms with Crippen LogP contribution < -0.4 is 16.0 Å². The van der Waals surface area contributed by atoms with E-state index < -0.39 is 29.4 Å². The predicted octanol–water partition coefficient (Wildman–Crippen LogP) is -1.39. The minimum Gasteiger partial charge on any atom is -0.522 e. The molecule has 0 spiro atoms. The monoisotopic (exact) mass is 543 g/mol. The van der Waals surface area contributed by atoms with Crippen molar-refractivity contribution in [3.05, 3.63) is 0 Å². The largest absolute Gasteiger partial charge is 0.522 e. The van der Waals surface area contributed by atoms with Gasteiger partial charge < -0.3 is 25.5 Å². The van der Waals surface area contributed by atoms with Gasteiger partial charge in [0.25, 0.3) is 0 Å². The van der Waals surface area contributed by atoms with Crippen LogP contribution >= 0.6 is 0 Å². The van der Waals surface area contributed by atoms with Gasteiger partial charge in [-0.15, -0.1) is 0 Å². The number of amides is 3. The molecule has 0 bridgehead atoms. The Labute approximate surface area is 117 Å². The van der Waals surface area contributed by atoms with E-state index in [1.54, 1.807) is 20.8 Å². The number of esters is 1. The molecule has 1 atom stereocenters. The van der Waals surface area contributed by atoms with E-state index in [2.05, 4.69) is 10.6 Å². The molecule has 0 saturated carbocycles. The topological polar surface area (TPSA) is 114 Å². The molecule has 0 fully saturated rings. The van der Waals surface area contributed by atoms with Crippen LogP contribution in [0.3, 0.4) is 0 Å². The molecule has 8 nitrogen and oxygen atoms in total. The van der Waals surface area contributed by atoms with Gasteiger partial charge in [-0.3, -0.25) is 14.4 Å². The summed E-state index contributed by atoms with van der Waals surface area (Å²) in [4.78, 5) is 44.1. The Morgan fingerprint density at radius 1 is 1.19 bits per heavy atom. The van der Waals surface area contributed by atoms with Crippen LogP contribution in [0.1, 0.15) is 27.7 Å². The summed E-state index contributed by atoms with van der Waals surface area (Å²) in [6.45, 7) is 6.04. The molecule has 0 aromatic carbocycles. The first-order valence-corrected chi connectivity index (χ1v) is 6.04. The van der Waals surface area contributed by atoms with E-state index in [1.807, 2.05) is 5.32 Å². The molecule has 126 valence electrons. The predicted molar refractivity (Wildman–Crippen MR) is 70.2 cm³/mol. The molecule has 0 radical (unpaired) electrons.